The first kappa shape index (κ1) is 11.2. The van der Waals surface area contributed by atoms with Crippen LogP contribution in [0.5, 0.6) is 0 Å². The van der Waals surface area contributed by atoms with E-state index < -0.39 is 9.84 Å². The Morgan fingerprint density at radius 3 is 2.29 bits per heavy atom. The quantitative estimate of drug-likeness (QED) is 0.621. The molecule has 1 rings (SSSR count). The summed E-state index contributed by atoms with van der Waals surface area (Å²) in [7, 11) is -2.95. The molecule has 0 aliphatic carbocycles. The van der Waals surface area contributed by atoms with Gasteiger partial charge in [-0.15, -0.1) is 0 Å². The molecule has 1 heterocycles. The summed E-state index contributed by atoms with van der Waals surface area (Å²) in [4.78, 5) is 12.8. The standard InChI is InChI=1S/C9H15NO3S/c1-3-9(11)10-6-4-8(5-7-10)14(2,12)13/h3,8H,1,4-7H2,2H3. The summed E-state index contributed by atoms with van der Waals surface area (Å²) >= 11 is 0. The minimum atomic E-state index is -2.95. The molecule has 80 valence electrons. The number of rotatable bonds is 2. The fraction of sp³-hybridized carbons (Fsp3) is 0.667. The van der Waals surface area contributed by atoms with Gasteiger partial charge in [0.25, 0.3) is 0 Å². The van der Waals surface area contributed by atoms with Crippen molar-refractivity contribution in [2.45, 2.75) is 18.1 Å². The van der Waals surface area contributed by atoms with E-state index in [0.29, 0.717) is 25.9 Å². The van der Waals surface area contributed by atoms with Crippen molar-refractivity contribution in [2.24, 2.45) is 0 Å². The molecule has 0 atom stereocenters. The maximum absolute atomic E-state index is 11.2. The first-order valence-corrected chi connectivity index (χ1v) is 6.51. The van der Waals surface area contributed by atoms with E-state index in [1.165, 1.54) is 12.3 Å². The number of likely N-dealkylation sites (tertiary alicyclic amines) is 1. The maximum atomic E-state index is 11.2. The molecule has 0 unspecified atom stereocenters. The second kappa shape index (κ2) is 4.13. The average Bonchev–Trinajstić information content (AvgIpc) is 2.15. The van der Waals surface area contributed by atoms with Crippen LogP contribution < -0.4 is 0 Å². The van der Waals surface area contributed by atoms with Crippen LogP contribution in [0, 0.1) is 0 Å². The van der Waals surface area contributed by atoms with Crippen molar-refractivity contribution in [2.75, 3.05) is 19.3 Å². The Balaban J connectivity index is 2.55. The second-order valence-electron chi connectivity index (χ2n) is 3.56. The van der Waals surface area contributed by atoms with Gasteiger partial charge in [0, 0.05) is 19.3 Å². The van der Waals surface area contributed by atoms with Gasteiger partial charge in [0.1, 0.15) is 9.84 Å². The highest BCUT2D eigenvalue weighted by Gasteiger charge is 2.27. The monoisotopic (exact) mass is 217 g/mol. The highest BCUT2D eigenvalue weighted by molar-refractivity contribution is 7.91. The van der Waals surface area contributed by atoms with Gasteiger partial charge in [0.05, 0.1) is 5.25 Å². The third kappa shape index (κ3) is 2.57. The Morgan fingerprint density at radius 1 is 1.43 bits per heavy atom. The van der Waals surface area contributed by atoms with Gasteiger partial charge in [0.2, 0.25) is 5.91 Å². The van der Waals surface area contributed by atoms with E-state index >= 15 is 0 Å². The number of amides is 1. The predicted octanol–water partition coefficient (Wildman–Crippen LogP) is 0.208. The number of piperidine rings is 1. The Morgan fingerprint density at radius 2 is 1.93 bits per heavy atom. The van der Waals surface area contributed by atoms with Crippen molar-refractivity contribution in [3.8, 4) is 0 Å². The second-order valence-corrected chi connectivity index (χ2v) is 5.88. The summed E-state index contributed by atoms with van der Waals surface area (Å²) in [5.41, 5.74) is 0. The Kier molecular flexibility index (Phi) is 3.31. The van der Waals surface area contributed by atoms with Crippen molar-refractivity contribution in [3.05, 3.63) is 12.7 Å². The van der Waals surface area contributed by atoms with E-state index in [0.717, 1.165) is 0 Å². The number of hydrogen-bond donors (Lipinski definition) is 0. The molecule has 4 nitrogen and oxygen atoms in total. The van der Waals surface area contributed by atoms with Crippen molar-refractivity contribution in [3.63, 3.8) is 0 Å². The number of carbonyl (C=O) groups is 1. The lowest BCUT2D eigenvalue weighted by molar-refractivity contribution is -0.126. The lowest BCUT2D eigenvalue weighted by Gasteiger charge is -2.30. The third-order valence-corrected chi connectivity index (χ3v) is 4.22. The lowest BCUT2D eigenvalue weighted by Crippen LogP contribution is -2.41. The molecule has 0 radical (unpaired) electrons. The van der Waals surface area contributed by atoms with Crippen molar-refractivity contribution in [1.82, 2.24) is 4.90 Å². The van der Waals surface area contributed by atoms with Crippen LogP contribution in [0.4, 0.5) is 0 Å². The molecule has 5 heteroatoms. The van der Waals surface area contributed by atoms with Crippen LogP contribution in [0.1, 0.15) is 12.8 Å². The van der Waals surface area contributed by atoms with Crippen LogP contribution in [-0.4, -0.2) is 43.8 Å². The largest absolute Gasteiger partial charge is 0.339 e. The van der Waals surface area contributed by atoms with Crippen LogP contribution in [0.3, 0.4) is 0 Å². The predicted molar refractivity (Wildman–Crippen MR) is 54.6 cm³/mol. The zero-order valence-electron chi connectivity index (χ0n) is 8.27. The van der Waals surface area contributed by atoms with Gasteiger partial charge in [-0.2, -0.15) is 0 Å². The minimum absolute atomic E-state index is 0.114. The average molecular weight is 217 g/mol. The lowest BCUT2D eigenvalue weighted by atomic mass is 10.1. The molecule has 1 aliphatic heterocycles. The summed E-state index contributed by atoms with van der Waals surface area (Å²) in [6.45, 7) is 4.43. The Hall–Kier alpha value is -0.840. The zero-order chi connectivity index (χ0) is 10.8. The molecule has 0 aromatic carbocycles. The molecular weight excluding hydrogens is 202 g/mol. The number of sulfone groups is 1. The molecule has 1 amide bonds. The van der Waals surface area contributed by atoms with E-state index in [2.05, 4.69) is 6.58 Å². The molecule has 0 saturated carbocycles. The van der Waals surface area contributed by atoms with Crippen LogP contribution in [0.2, 0.25) is 0 Å². The van der Waals surface area contributed by atoms with Crippen LogP contribution in [0.15, 0.2) is 12.7 Å². The molecule has 1 fully saturated rings. The molecule has 0 spiro atoms. The van der Waals surface area contributed by atoms with Crippen molar-refractivity contribution >= 4 is 15.7 Å². The third-order valence-electron chi connectivity index (χ3n) is 2.53. The van der Waals surface area contributed by atoms with E-state index in [1.54, 1.807) is 4.90 Å². The van der Waals surface area contributed by atoms with Crippen molar-refractivity contribution < 1.29 is 13.2 Å². The molecule has 0 bridgehead atoms. The van der Waals surface area contributed by atoms with Gasteiger partial charge < -0.3 is 4.90 Å². The molecule has 1 aliphatic rings. The Labute approximate surface area is 84.5 Å². The molecule has 0 aromatic rings. The van der Waals surface area contributed by atoms with E-state index in [1.807, 2.05) is 0 Å². The SMILES string of the molecule is C=CC(=O)N1CCC(S(C)(=O)=O)CC1. The van der Waals surface area contributed by atoms with Gasteiger partial charge in [0.15, 0.2) is 0 Å². The molecule has 0 N–H and O–H groups in total. The molecular formula is C9H15NO3S. The molecule has 0 aromatic heterocycles. The first-order chi connectivity index (χ1) is 6.45. The maximum Gasteiger partial charge on any atom is 0.245 e. The van der Waals surface area contributed by atoms with E-state index in [-0.39, 0.29) is 11.2 Å². The number of hydrogen-bond acceptors (Lipinski definition) is 3. The first-order valence-electron chi connectivity index (χ1n) is 4.55. The smallest absolute Gasteiger partial charge is 0.245 e. The van der Waals surface area contributed by atoms with Crippen LogP contribution >= 0.6 is 0 Å². The van der Waals surface area contributed by atoms with Crippen LogP contribution in [0.25, 0.3) is 0 Å². The normalized spacial score (nSPS) is 19.4. The molecule has 14 heavy (non-hydrogen) atoms. The molecule has 1 saturated heterocycles. The van der Waals surface area contributed by atoms with Gasteiger partial charge in [-0.1, -0.05) is 6.58 Å². The summed E-state index contributed by atoms with van der Waals surface area (Å²) in [6, 6.07) is 0. The van der Waals surface area contributed by atoms with Gasteiger partial charge >= 0.3 is 0 Å². The summed E-state index contributed by atoms with van der Waals surface area (Å²) in [5, 5.41) is -0.281. The summed E-state index contributed by atoms with van der Waals surface area (Å²) in [6.07, 6.45) is 3.60. The fourth-order valence-corrected chi connectivity index (χ4v) is 2.70. The summed E-state index contributed by atoms with van der Waals surface area (Å²) in [5.74, 6) is -0.114. The van der Waals surface area contributed by atoms with E-state index in [9.17, 15) is 13.2 Å². The summed E-state index contributed by atoms with van der Waals surface area (Å²) < 4.78 is 22.4. The van der Waals surface area contributed by atoms with Gasteiger partial charge in [-0.05, 0) is 18.9 Å². The zero-order valence-corrected chi connectivity index (χ0v) is 9.09. The topological polar surface area (TPSA) is 54.5 Å². The fourth-order valence-electron chi connectivity index (χ4n) is 1.63. The van der Waals surface area contributed by atoms with Crippen LogP contribution in [-0.2, 0) is 14.6 Å². The highest BCUT2D eigenvalue weighted by atomic mass is 32.2. The van der Waals surface area contributed by atoms with Gasteiger partial charge in [-0.25, -0.2) is 8.42 Å². The minimum Gasteiger partial charge on any atom is -0.339 e. The Bertz CT molecular complexity index is 326. The highest BCUT2D eigenvalue weighted by Crippen LogP contribution is 2.16. The number of carbonyl (C=O) groups excluding carboxylic acids is 1. The van der Waals surface area contributed by atoms with E-state index in [4.69, 9.17) is 0 Å². The van der Waals surface area contributed by atoms with Gasteiger partial charge in [-0.3, -0.25) is 4.79 Å². The number of nitrogens with zero attached hydrogens (tertiary/aromatic N) is 1. The van der Waals surface area contributed by atoms with Crippen molar-refractivity contribution in [1.29, 1.82) is 0 Å².